The molecule has 0 radical (unpaired) electrons. The third-order valence-corrected chi connectivity index (χ3v) is 3.62. The van der Waals surface area contributed by atoms with E-state index in [9.17, 15) is 4.79 Å². The molecule has 1 aromatic rings. The maximum Gasteiger partial charge on any atom is 0.240 e. The van der Waals surface area contributed by atoms with Crippen molar-refractivity contribution in [2.75, 3.05) is 13.6 Å². The quantitative estimate of drug-likeness (QED) is 0.861. The zero-order chi connectivity index (χ0) is 13.2. The molecule has 2 rings (SSSR count). The highest BCUT2D eigenvalue weighted by Gasteiger charge is 2.38. The van der Waals surface area contributed by atoms with Crippen LogP contribution in [0.2, 0.25) is 0 Å². The van der Waals surface area contributed by atoms with E-state index in [1.807, 2.05) is 7.05 Å². The summed E-state index contributed by atoms with van der Waals surface area (Å²) < 4.78 is 4.70. The monoisotopic (exact) mass is 252 g/mol. The van der Waals surface area contributed by atoms with Gasteiger partial charge < -0.3 is 14.7 Å². The van der Waals surface area contributed by atoms with Crippen LogP contribution in [-0.2, 0) is 11.3 Å². The van der Waals surface area contributed by atoms with Gasteiger partial charge in [0.1, 0.15) is 0 Å². The number of carbonyl (C=O) groups excluding carboxylic acids is 1. The molecule has 0 aromatic carbocycles. The van der Waals surface area contributed by atoms with Gasteiger partial charge in [-0.25, -0.2) is 0 Å². The van der Waals surface area contributed by atoms with Crippen LogP contribution in [-0.4, -0.2) is 40.6 Å². The van der Waals surface area contributed by atoms with E-state index in [2.05, 4.69) is 29.3 Å². The summed E-state index contributed by atoms with van der Waals surface area (Å²) in [5.74, 6) is 0.669. The Bertz CT molecular complexity index is 402. The number of hydrogen-bond donors (Lipinski definition) is 1. The number of likely N-dealkylation sites (tertiary alicyclic amines) is 1. The highest BCUT2D eigenvalue weighted by Crippen LogP contribution is 2.31. The Morgan fingerprint density at radius 3 is 3.00 bits per heavy atom. The predicted octanol–water partition coefficient (Wildman–Crippen LogP) is 0.806. The first kappa shape index (κ1) is 13.0. The topological polar surface area (TPSA) is 71.3 Å². The first-order valence-corrected chi connectivity index (χ1v) is 6.26. The van der Waals surface area contributed by atoms with E-state index in [-0.39, 0.29) is 17.4 Å². The van der Waals surface area contributed by atoms with Gasteiger partial charge in [0.05, 0.1) is 12.6 Å². The Labute approximate surface area is 107 Å². The van der Waals surface area contributed by atoms with Crippen LogP contribution in [0.25, 0.3) is 0 Å². The van der Waals surface area contributed by atoms with Gasteiger partial charge >= 0.3 is 0 Å². The van der Waals surface area contributed by atoms with Crippen LogP contribution in [0.4, 0.5) is 0 Å². The lowest BCUT2D eigenvalue weighted by Gasteiger charge is -2.32. The molecular formula is C12H20N4O2. The van der Waals surface area contributed by atoms with E-state index in [0.717, 1.165) is 19.4 Å². The molecule has 1 N–H and O–H groups in total. The first-order valence-electron chi connectivity index (χ1n) is 6.26. The predicted molar refractivity (Wildman–Crippen MR) is 65.6 cm³/mol. The van der Waals surface area contributed by atoms with E-state index in [0.29, 0.717) is 12.4 Å². The second kappa shape index (κ2) is 5.06. The SMILES string of the molecule is CNC1C(=O)N(Cc2ncon2)CCCC1(C)C. The van der Waals surface area contributed by atoms with E-state index in [4.69, 9.17) is 4.52 Å². The lowest BCUT2D eigenvalue weighted by molar-refractivity contribution is -0.135. The lowest BCUT2D eigenvalue weighted by atomic mass is 9.80. The van der Waals surface area contributed by atoms with Gasteiger partial charge in [-0.2, -0.15) is 4.98 Å². The van der Waals surface area contributed by atoms with Crippen LogP contribution in [0.1, 0.15) is 32.5 Å². The average Bonchev–Trinajstić information content (AvgIpc) is 2.77. The summed E-state index contributed by atoms with van der Waals surface area (Å²) in [6, 6.07) is -0.160. The van der Waals surface area contributed by atoms with Gasteiger partial charge in [-0.3, -0.25) is 4.79 Å². The highest BCUT2D eigenvalue weighted by molar-refractivity contribution is 5.83. The molecule has 1 unspecified atom stereocenters. The Morgan fingerprint density at radius 1 is 1.61 bits per heavy atom. The van der Waals surface area contributed by atoms with Crippen molar-refractivity contribution in [2.45, 2.75) is 39.3 Å². The molecule has 1 atom stereocenters. The van der Waals surface area contributed by atoms with Crippen LogP contribution in [0.5, 0.6) is 0 Å². The van der Waals surface area contributed by atoms with Gasteiger partial charge in [0.25, 0.3) is 0 Å². The van der Waals surface area contributed by atoms with Crippen molar-refractivity contribution in [3.05, 3.63) is 12.2 Å². The summed E-state index contributed by atoms with van der Waals surface area (Å²) in [5.41, 5.74) is -0.0299. The summed E-state index contributed by atoms with van der Waals surface area (Å²) in [6.07, 6.45) is 3.30. The number of nitrogens with zero attached hydrogens (tertiary/aromatic N) is 3. The van der Waals surface area contributed by atoms with Crippen molar-refractivity contribution in [1.29, 1.82) is 0 Å². The summed E-state index contributed by atoms with van der Waals surface area (Å²) >= 11 is 0. The molecule has 0 spiro atoms. The Balaban J connectivity index is 2.14. The molecule has 0 bridgehead atoms. The summed E-state index contributed by atoms with van der Waals surface area (Å²) in [6.45, 7) is 5.42. The number of aromatic nitrogens is 2. The average molecular weight is 252 g/mol. The summed E-state index contributed by atoms with van der Waals surface area (Å²) in [5, 5.41) is 6.90. The minimum atomic E-state index is -0.160. The van der Waals surface area contributed by atoms with Crippen LogP contribution in [0.15, 0.2) is 10.9 Å². The zero-order valence-electron chi connectivity index (χ0n) is 11.1. The third kappa shape index (κ3) is 2.53. The normalized spacial score (nSPS) is 24.1. The van der Waals surface area contributed by atoms with E-state index >= 15 is 0 Å². The molecule has 6 heteroatoms. The van der Waals surface area contributed by atoms with Gasteiger partial charge in [0.2, 0.25) is 12.3 Å². The maximum absolute atomic E-state index is 12.5. The number of carbonyl (C=O) groups is 1. The molecule has 1 fully saturated rings. The van der Waals surface area contributed by atoms with E-state index in [1.54, 1.807) is 4.90 Å². The van der Waals surface area contributed by atoms with Gasteiger partial charge in [-0.05, 0) is 25.3 Å². The van der Waals surface area contributed by atoms with Crippen molar-refractivity contribution in [2.24, 2.45) is 5.41 Å². The van der Waals surface area contributed by atoms with Gasteiger partial charge in [0, 0.05) is 6.54 Å². The van der Waals surface area contributed by atoms with Gasteiger partial charge in [-0.15, -0.1) is 0 Å². The molecule has 1 aromatic heterocycles. The van der Waals surface area contributed by atoms with Crippen LogP contribution < -0.4 is 5.32 Å². The Morgan fingerprint density at radius 2 is 2.39 bits per heavy atom. The molecule has 0 saturated carbocycles. The first-order chi connectivity index (χ1) is 8.54. The minimum Gasteiger partial charge on any atom is -0.343 e. The van der Waals surface area contributed by atoms with Crippen molar-refractivity contribution in [3.63, 3.8) is 0 Å². The summed E-state index contributed by atoms with van der Waals surface area (Å²) in [4.78, 5) is 18.3. The zero-order valence-corrected chi connectivity index (χ0v) is 11.1. The number of nitrogens with one attached hydrogen (secondary N) is 1. The molecule has 1 saturated heterocycles. The Hall–Kier alpha value is -1.43. The second-order valence-electron chi connectivity index (χ2n) is 5.42. The molecule has 18 heavy (non-hydrogen) atoms. The van der Waals surface area contributed by atoms with E-state index < -0.39 is 0 Å². The molecular weight excluding hydrogens is 232 g/mol. The molecule has 1 aliphatic heterocycles. The van der Waals surface area contributed by atoms with Gasteiger partial charge in [-0.1, -0.05) is 19.0 Å². The fraction of sp³-hybridized carbons (Fsp3) is 0.750. The third-order valence-electron chi connectivity index (χ3n) is 3.62. The largest absolute Gasteiger partial charge is 0.343 e. The molecule has 1 amide bonds. The van der Waals surface area contributed by atoms with E-state index in [1.165, 1.54) is 6.39 Å². The maximum atomic E-state index is 12.5. The van der Waals surface area contributed by atoms with Gasteiger partial charge in [0.15, 0.2) is 5.82 Å². The molecule has 0 aliphatic carbocycles. The number of likely N-dealkylation sites (N-methyl/N-ethyl adjacent to an activating group) is 1. The minimum absolute atomic E-state index is 0.0299. The molecule has 100 valence electrons. The molecule has 2 heterocycles. The lowest BCUT2D eigenvalue weighted by Crippen LogP contribution is -2.50. The smallest absolute Gasteiger partial charge is 0.240 e. The fourth-order valence-corrected chi connectivity index (χ4v) is 2.60. The number of amides is 1. The molecule has 1 aliphatic rings. The standard InChI is InChI=1S/C12H20N4O2/c1-12(2)5-4-6-16(11(17)10(12)13-3)7-9-14-8-18-15-9/h8,10,13H,4-7H2,1-3H3. The second-order valence-corrected chi connectivity index (χ2v) is 5.42. The van der Waals surface area contributed by atoms with Crippen molar-refractivity contribution >= 4 is 5.91 Å². The highest BCUT2D eigenvalue weighted by atomic mass is 16.5. The fourth-order valence-electron chi connectivity index (χ4n) is 2.60. The summed E-state index contributed by atoms with van der Waals surface area (Å²) in [7, 11) is 1.84. The Kier molecular flexibility index (Phi) is 3.65. The molecule has 6 nitrogen and oxygen atoms in total. The number of rotatable bonds is 3. The number of hydrogen-bond acceptors (Lipinski definition) is 5. The van der Waals surface area contributed by atoms with Crippen LogP contribution in [0.3, 0.4) is 0 Å². The van der Waals surface area contributed by atoms with Crippen molar-refractivity contribution in [3.8, 4) is 0 Å². The van der Waals surface area contributed by atoms with Crippen molar-refractivity contribution in [1.82, 2.24) is 20.4 Å². The van der Waals surface area contributed by atoms with Crippen molar-refractivity contribution < 1.29 is 9.32 Å². The van der Waals surface area contributed by atoms with Crippen LogP contribution >= 0.6 is 0 Å². The van der Waals surface area contributed by atoms with Crippen LogP contribution in [0, 0.1) is 5.41 Å².